The number of hydrogen-bond acceptors (Lipinski definition) is 3. The molecule has 0 spiro atoms. The van der Waals surface area contributed by atoms with Gasteiger partial charge in [0.05, 0.1) is 0 Å². The molecule has 3 nitrogen and oxygen atoms in total. The van der Waals surface area contributed by atoms with E-state index in [0.29, 0.717) is 13.0 Å². The summed E-state index contributed by atoms with van der Waals surface area (Å²) in [7, 11) is 0. The van der Waals surface area contributed by atoms with Gasteiger partial charge < -0.3 is 14.6 Å². The predicted octanol–water partition coefficient (Wildman–Crippen LogP) is -0.211. The number of aliphatic hydroxyl groups excluding tert-OH is 1. The van der Waals surface area contributed by atoms with Crippen LogP contribution in [0.5, 0.6) is 0 Å². The van der Waals surface area contributed by atoms with Crippen LogP contribution in [0.3, 0.4) is 0 Å². The SMILES string of the molecule is OC1OCB(c2ccccc2)CO1. The van der Waals surface area contributed by atoms with Crippen molar-refractivity contribution in [1.29, 1.82) is 0 Å². The third-order valence-electron chi connectivity index (χ3n) is 2.15. The minimum absolute atomic E-state index is 0.240. The lowest BCUT2D eigenvalue weighted by Gasteiger charge is -2.23. The molecule has 1 N–H and O–H groups in total. The summed E-state index contributed by atoms with van der Waals surface area (Å²) in [6.07, 6.45) is 0. The van der Waals surface area contributed by atoms with E-state index in [1.807, 2.05) is 30.3 Å². The highest BCUT2D eigenvalue weighted by Gasteiger charge is 2.25. The molecular weight excluding hydrogens is 167 g/mol. The standard InChI is InChI=1S/C9H11BO3/c11-9-12-6-10(7-13-9)8-4-2-1-3-5-8/h1-5,9,11H,6-7H2. The molecule has 4 heteroatoms. The highest BCUT2D eigenvalue weighted by molar-refractivity contribution is 6.73. The van der Waals surface area contributed by atoms with Crippen LogP contribution in [0.25, 0.3) is 0 Å². The zero-order valence-electron chi connectivity index (χ0n) is 7.22. The van der Waals surface area contributed by atoms with E-state index in [1.54, 1.807) is 0 Å². The van der Waals surface area contributed by atoms with Gasteiger partial charge in [0.25, 0.3) is 6.48 Å². The van der Waals surface area contributed by atoms with Crippen molar-refractivity contribution in [1.82, 2.24) is 0 Å². The van der Waals surface area contributed by atoms with Crippen molar-refractivity contribution in [3.05, 3.63) is 30.3 Å². The Bertz CT molecular complexity index is 257. The Kier molecular flexibility index (Phi) is 2.64. The van der Waals surface area contributed by atoms with Gasteiger partial charge in [-0.25, -0.2) is 0 Å². The van der Waals surface area contributed by atoms with Gasteiger partial charge >= 0.3 is 0 Å². The fraction of sp³-hybridized carbons (Fsp3) is 0.333. The van der Waals surface area contributed by atoms with Crippen LogP contribution in [0.1, 0.15) is 0 Å². The lowest BCUT2D eigenvalue weighted by molar-refractivity contribution is -0.257. The first-order valence-electron chi connectivity index (χ1n) is 4.32. The summed E-state index contributed by atoms with van der Waals surface area (Å²) in [4.78, 5) is 0. The molecule has 0 radical (unpaired) electrons. The quantitative estimate of drug-likeness (QED) is 0.604. The summed E-state index contributed by atoms with van der Waals surface area (Å²) in [5, 5.41) is 8.93. The van der Waals surface area contributed by atoms with Crippen molar-refractivity contribution >= 4 is 12.2 Å². The van der Waals surface area contributed by atoms with Gasteiger partial charge in [0.1, 0.15) is 0 Å². The first-order valence-corrected chi connectivity index (χ1v) is 4.32. The molecule has 0 aliphatic carbocycles. The van der Waals surface area contributed by atoms with E-state index < -0.39 is 6.48 Å². The summed E-state index contributed by atoms with van der Waals surface area (Å²) in [6.45, 7) is 0.237. The average molecular weight is 178 g/mol. The Labute approximate surface area is 77.4 Å². The monoisotopic (exact) mass is 178 g/mol. The summed E-state index contributed by atoms with van der Waals surface area (Å²) < 4.78 is 9.96. The number of rotatable bonds is 1. The maximum Gasteiger partial charge on any atom is 0.267 e. The minimum atomic E-state index is -1.04. The van der Waals surface area contributed by atoms with Crippen molar-refractivity contribution in [3.8, 4) is 0 Å². The van der Waals surface area contributed by atoms with Crippen molar-refractivity contribution in [2.75, 3.05) is 13.0 Å². The second-order valence-corrected chi connectivity index (χ2v) is 3.08. The van der Waals surface area contributed by atoms with Gasteiger partial charge in [-0.05, 0) is 0 Å². The Morgan fingerprint density at radius 1 is 1.15 bits per heavy atom. The van der Waals surface area contributed by atoms with Crippen molar-refractivity contribution in [2.24, 2.45) is 0 Å². The molecule has 1 aliphatic heterocycles. The van der Waals surface area contributed by atoms with Crippen molar-refractivity contribution in [3.63, 3.8) is 0 Å². The number of ether oxygens (including phenoxy) is 2. The molecular formula is C9H11BO3. The molecule has 0 amide bonds. The molecule has 0 bridgehead atoms. The summed E-state index contributed by atoms with van der Waals surface area (Å²) >= 11 is 0. The maximum atomic E-state index is 8.93. The third kappa shape index (κ3) is 2.09. The van der Waals surface area contributed by atoms with Gasteiger partial charge in [0, 0.05) is 13.0 Å². The Morgan fingerprint density at radius 2 is 1.77 bits per heavy atom. The van der Waals surface area contributed by atoms with Gasteiger partial charge in [-0.3, -0.25) is 0 Å². The average Bonchev–Trinajstić information content (AvgIpc) is 2.20. The van der Waals surface area contributed by atoms with Crippen LogP contribution in [0.4, 0.5) is 0 Å². The molecule has 13 heavy (non-hydrogen) atoms. The highest BCUT2D eigenvalue weighted by atomic mass is 16.8. The molecule has 68 valence electrons. The van der Waals surface area contributed by atoms with Gasteiger partial charge in [0.15, 0.2) is 0 Å². The Hall–Kier alpha value is -0.835. The van der Waals surface area contributed by atoms with Crippen molar-refractivity contribution in [2.45, 2.75) is 6.48 Å². The molecule has 0 unspecified atom stereocenters. The summed E-state index contributed by atoms with van der Waals surface area (Å²) in [5.41, 5.74) is 1.19. The van der Waals surface area contributed by atoms with Crippen LogP contribution in [0, 0.1) is 0 Å². The third-order valence-corrected chi connectivity index (χ3v) is 2.15. The fourth-order valence-electron chi connectivity index (χ4n) is 1.41. The molecule has 1 fully saturated rings. The summed E-state index contributed by atoms with van der Waals surface area (Å²) in [6, 6.07) is 10.0. The lowest BCUT2D eigenvalue weighted by atomic mass is 9.46. The van der Waals surface area contributed by atoms with Gasteiger partial charge in [-0.2, -0.15) is 0 Å². The van der Waals surface area contributed by atoms with E-state index in [1.165, 1.54) is 5.46 Å². The zero-order chi connectivity index (χ0) is 9.10. The normalized spacial score (nSPS) is 19.0. The fourth-order valence-corrected chi connectivity index (χ4v) is 1.41. The van der Waals surface area contributed by atoms with Crippen LogP contribution in [-0.4, -0.2) is 31.3 Å². The number of benzene rings is 1. The molecule has 0 saturated carbocycles. The topological polar surface area (TPSA) is 38.7 Å². The van der Waals surface area contributed by atoms with Gasteiger partial charge in [0.2, 0.25) is 6.71 Å². The Morgan fingerprint density at radius 3 is 2.38 bits per heavy atom. The second kappa shape index (κ2) is 3.92. The minimum Gasteiger partial charge on any atom is -0.346 e. The lowest BCUT2D eigenvalue weighted by Crippen LogP contribution is -2.47. The Balaban J connectivity index is 2.03. The largest absolute Gasteiger partial charge is 0.346 e. The highest BCUT2D eigenvalue weighted by Crippen LogP contribution is 2.02. The number of aliphatic hydroxyl groups is 1. The maximum absolute atomic E-state index is 8.93. The molecule has 2 rings (SSSR count). The molecule has 0 atom stereocenters. The van der Waals surface area contributed by atoms with E-state index in [9.17, 15) is 0 Å². The molecule has 1 aliphatic rings. The first kappa shape index (κ1) is 8.75. The van der Waals surface area contributed by atoms with Crippen LogP contribution in [-0.2, 0) is 9.47 Å². The zero-order valence-corrected chi connectivity index (χ0v) is 7.22. The van der Waals surface area contributed by atoms with Crippen LogP contribution in [0.2, 0.25) is 0 Å². The molecule has 1 heterocycles. The van der Waals surface area contributed by atoms with E-state index in [-0.39, 0.29) is 6.71 Å². The molecule has 1 aromatic carbocycles. The van der Waals surface area contributed by atoms with Gasteiger partial charge in [-0.1, -0.05) is 35.8 Å². The second-order valence-electron chi connectivity index (χ2n) is 3.08. The van der Waals surface area contributed by atoms with E-state index in [0.717, 1.165) is 0 Å². The van der Waals surface area contributed by atoms with Crippen molar-refractivity contribution < 1.29 is 14.6 Å². The first-order chi connectivity index (χ1) is 6.36. The smallest absolute Gasteiger partial charge is 0.267 e. The molecule has 1 saturated heterocycles. The van der Waals surface area contributed by atoms with E-state index in [2.05, 4.69) is 0 Å². The number of hydrogen-bond donors (Lipinski definition) is 1. The predicted molar refractivity (Wildman–Crippen MR) is 49.7 cm³/mol. The summed E-state index contributed by atoms with van der Waals surface area (Å²) in [5.74, 6) is 0. The van der Waals surface area contributed by atoms with E-state index >= 15 is 0 Å². The van der Waals surface area contributed by atoms with Crippen LogP contribution >= 0.6 is 0 Å². The van der Waals surface area contributed by atoms with E-state index in [4.69, 9.17) is 14.6 Å². The molecule has 0 aromatic heterocycles. The molecule has 1 aromatic rings. The van der Waals surface area contributed by atoms with Crippen LogP contribution < -0.4 is 5.46 Å². The van der Waals surface area contributed by atoms with Crippen LogP contribution in [0.15, 0.2) is 30.3 Å². The van der Waals surface area contributed by atoms with Gasteiger partial charge in [-0.15, -0.1) is 0 Å².